The number of halogens is 2. The normalized spacial score (nSPS) is 10.7. The second-order valence-electron chi connectivity index (χ2n) is 2.52. The average molecular weight is 215 g/mol. The van der Waals surface area contributed by atoms with Gasteiger partial charge in [0.2, 0.25) is 0 Å². The van der Waals surface area contributed by atoms with E-state index in [1.165, 1.54) is 0 Å². The van der Waals surface area contributed by atoms with Gasteiger partial charge in [-0.25, -0.2) is 0 Å². The smallest absolute Gasteiger partial charge is 0.153 e. The maximum Gasteiger partial charge on any atom is 0.153 e. The fourth-order valence-corrected chi connectivity index (χ4v) is 1.60. The van der Waals surface area contributed by atoms with Gasteiger partial charge in [-0.1, -0.05) is 35.4 Å². The van der Waals surface area contributed by atoms with Crippen LogP contribution < -0.4 is 0 Å². The third-order valence-corrected chi connectivity index (χ3v) is 2.20. The van der Waals surface area contributed by atoms with Gasteiger partial charge in [-0.3, -0.25) is 4.79 Å². The van der Waals surface area contributed by atoms with Gasteiger partial charge in [0, 0.05) is 0 Å². The van der Waals surface area contributed by atoms with E-state index in [0.717, 1.165) is 5.56 Å². The van der Waals surface area contributed by atoms with Gasteiger partial charge in [0.15, 0.2) is 6.29 Å². The first kappa shape index (κ1) is 10.3. The molecule has 0 aliphatic rings. The summed E-state index contributed by atoms with van der Waals surface area (Å²) in [5.74, 6) is 0. The van der Waals surface area contributed by atoms with Crippen molar-refractivity contribution in [3.8, 4) is 0 Å². The van der Waals surface area contributed by atoms with Crippen molar-refractivity contribution < 1.29 is 4.79 Å². The highest BCUT2D eigenvalue weighted by Crippen LogP contribution is 2.25. The van der Waals surface area contributed by atoms with Crippen molar-refractivity contribution in [2.45, 2.75) is 6.92 Å². The molecule has 0 amide bonds. The van der Waals surface area contributed by atoms with Crippen molar-refractivity contribution in [2.24, 2.45) is 0 Å². The van der Waals surface area contributed by atoms with Crippen LogP contribution in [0.4, 0.5) is 0 Å². The molecule has 0 unspecified atom stereocenters. The maximum atomic E-state index is 10.5. The van der Waals surface area contributed by atoms with Crippen LogP contribution in [0.3, 0.4) is 0 Å². The Balaban J connectivity index is 3.27. The van der Waals surface area contributed by atoms with Gasteiger partial charge < -0.3 is 0 Å². The molecule has 0 aliphatic carbocycles. The molecule has 3 heteroatoms. The Morgan fingerprint density at radius 3 is 2.15 bits per heavy atom. The molecular weight excluding hydrogens is 207 g/mol. The predicted octanol–water partition coefficient (Wildman–Crippen LogP) is 3.84. The Hall–Kier alpha value is -0.790. The van der Waals surface area contributed by atoms with E-state index < -0.39 is 0 Å². The van der Waals surface area contributed by atoms with Crippen LogP contribution in [0.25, 0.3) is 6.08 Å². The van der Waals surface area contributed by atoms with E-state index in [1.807, 2.05) is 19.1 Å². The summed E-state index contributed by atoms with van der Waals surface area (Å²) in [6, 6.07) is 3.41. The molecule has 0 radical (unpaired) electrons. The standard InChI is InChI=1S/C10H8Cl2O/c1-2-3-7-4-9(11)8(6-13)10(12)5-7/h2-6H,1H3/b3-2+. The molecular formula is C10H8Cl2O. The van der Waals surface area contributed by atoms with Gasteiger partial charge in [0.05, 0.1) is 15.6 Å². The van der Waals surface area contributed by atoms with Crippen molar-refractivity contribution >= 4 is 35.6 Å². The molecule has 1 rings (SSSR count). The maximum absolute atomic E-state index is 10.5. The molecule has 0 aromatic heterocycles. The van der Waals surface area contributed by atoms with Crippen LogP contribution in [-0.4, -0.2) is 6.29 Å². The van der Waals surface area contributed by atoms with Crippen molar-refractivity contribution in [1.29, 1.82) is 0 Å². The van der Waals surface area contributed by atoms with Crippen LogP contribution >= 0.6 is 23.2 Å². The number of carbonyl (C=O) groups excluding carboxylic acids is 1. The van der Waals surface area contributed by atoms with Crippen molar-refractivity contribution in [3.05, 3.63) is 39.4 Å². The lowest BCUT2D eigenvalue weighted by molar-refractivity contribution is 0.112. The van der Waals surface area contributed by atoms with Crippen LogP contribution in [0, 0.1) is 0 Å². The predicted molar refractivity (Wildman–Crippen MR) is 56.6 cm³/mol. The Kier molecular flexibility index (Phi) is 3.52. The number of aldehydes is 1. The fourth-order valence-electron chi connectivity index (χ4n) is 1.01. The second kappa shape index (κ2) is 4.45. The topological polar surface area (TPSA) is 17.1 Å². The lowest BCUT2D eigenvalue weighted by Crippen LogP contribution is -1.85. The van der Waals surface area contributed by atoms with E-state index >= 15 is 0 Å². The number of hydrogen-bond acceptors (Lipinski definition) is 1. The molecule has 0 aliphatic heterocycles. The summed E-state index contributed by atoms with van der Waals surface area (Å²) in [5.41, 5.74) is 1.24. The molecule has 0 spiro atoms. The molecule has 1 nitrogen and oxygen atoms in total. The van der Waals surface area contributed by atoms with Gasteiger partial charge in [-0.2, -0.15) is 0 Å². The van der Waals surface area contributed by atoms with Crippen LogP contribution in [0.5, 0.6) is 0 Å². The van der Waals surface area contributed by atoms with Crippen molar-refractivity contribution in [2.75, 3.05) is 0 Å². The Morgan fingerprint density at radius 2 is 1.77 bits per heavy atom. The van der Waals surface area contributed by atoms with E-state index in [9.17, 15) is 4.79 Å². The first-order valence-corrected chi connectivity index (χ1v) is 4.51. The zero-order valence-corrected chi connectivity index (χ0v) is 8.56. The lowest BCUT2D eigenvalue weighted by atomic mass is 10.1. The minimum atomic E-state index is 0.344. The largest absolute Gasteiger partial charge is 0.298 e. The van der Waals surface area contributed by atoms with Crippen molar-refractivity contribution in [1.82, 2.24) is 0 Å². The molecule has 0 fully saturated rings. The SMILES string of the molecule is C/C=C/c1cc(Cl)c(C=O)c(Cl)c1. The third kappa shape index (κ3) is 2.33. The van der Waals surface area contributed by atoms with Crippen LogP contribution in [0.15, 0.2) is 18.2 Å². The van der Waals surface area contributed by atoms with Crippen molar-refractivity contribution in [3.63, 3.8) is 0 Å². The van der Waals surface area contributed by atoms with Gasteiger partial charge in [-0.15, -0.1) is 0 Å². The van der Waals surface area contributed by atoms with Gasteiger partial charge in [0.25, 0.3) is 0 Å². The lowest BCUT2D eigenvalue weighted by Gasteiger charge is -2.01. The van der Waals surface area contributed by atoms with E-state index in [1.54, 1.807) is 12.1 Å². The highest BCUT2D eigenvalue weighted by Gasteiger charge is 2.05. The third-order valence-electron chi connectivity index (χ3n) is 1.58. The zero-order chi connectivity index (χ0) is 9.84. The Morgan fingerprint density at radius 1 is 1.23 bits per heavy atom. The first-order valence-electron chi connectivity index (χ1n) is 3.76. The van der Waals surface area contributed by atoms with Crippen LogP contribution in [0.1, 0.15) is 22.8 Å². The van der Waals surface area contributed by atoms with E-state index in [0.29, 0.717) is 21.9 Å². The zero-order valence-electron chi connectivity index (χ0n) is 7.05. The van der Waals surface area contributed by atoms with E-state index in [2.05, 4.69) is 0 Å². The number of allylic oxidation sites excluding steroid dienone is 1. The molecule has 0 saturated carbocycles. The second-order valence-corrected chi connectivity index (χ2v) is 3.33. The number of carbonyl (C=O) groups is 1. The minimum Gasteiger partial charge on any atom is -0.298 e. The van der Waals surface area contributed by atoms with Gasteiger partial charge in [-0.05, 0) is 24.6 Å². The summed E-state index contributed by atoms with van der Waals surface area (Å²) in [7, 11) is 0. The molecule has 0 heterocycles. The summed E-state index contributed by atoms with van der Waals surface area (Å²) >= 11 is 11.6. The molecule has 0 bridgehead atoms. The minimum absolute atomic E-state index is 0.344. The summed E-state index contributed by atoms with van der Waals surface area (Å²) in [6.07, 6.45) is 4.40. The number of hydrogen-bond donors (Lipinski definition) is 0. The summed E-state index contributed by atoms with van der Waals surface area (Å²) in [5, 5.41) is 0.770. The van der Waals surface area contributed by atoms with Crippen LogP contribution in [0.2, 0.25) is 10.0 Å². The van der Waals surface area contributed by atoms with Crippen LogP contribution in [-0.2, 0) is 0 Å². The number of benzene rings is 1. The first-order chi connectivity index (χ1) is 6.19. The average Bonchev–Trinajstić information content (AvgIpc) is 2.04. The molecule has 1 aromatic rings. The van der Waals surface area contributed by atoms with Gasteiger partial charge in [0.1, 0.15) is 0 Å². The van der Waals surface area contributed by atoms with E-state index in [4.69, 9.17) is 23.2 Å². The monoisotopic (exact) mass is 214 g/mol. The Labute approximate surface area is 87.0 Å². The molecule has 0 saturated heterocycles. The molecule has 0 atom stereocenters. The van der Waals surface area contributed by atoms with Gasteiger partial charge >= 0.3 is 0 Å². The molecule has 0 N–H and O–H groups in total. The summed E-state index contributed by atoms with van der Waals surface area (Å²) < 4.78 is 0. The summed E-state index contributed by atoms with van der Waals surface area (Å²) in [4.78, 5) is 10.5. The molecule has 13 heavy (non-hydrogen) atoms. The fraction of sp³-hybridized carbons (Fsp3) is 0.100. The highest BCUT2D eigenvalue weighted by atomic mass is 35.5. The Bertz CT molecular complexity index is 333. The number of rotatable bonds is 2. The molecule has 1 aromatic carbocycles. The summed E-state index contributed by atoms with van der Waals surface area (Å²) in [6.45, 7) is 1.90. The van der Waals surface area contributed by atoms with E-state index in [-0.39, 0.29) is 0 Å². The molecule has 68 valence electrons. The quantitative estimate of drug-likeness (QED) is 0.685. The highest BCUT2D eigenvalue weighted by molar-refractivity contribution is 6.38.